The molecule has 112 valence electrons. The normalized spacial score (nSPS) is 10.4. The van der Waals surface area contributed by atoms with Gasteiger partial charge in [0.25, 0.3) is 0 Å². The number of benzene rings is 2. The topological polar surface area (TPSA) is 70.0 Å². The molecule has 0 unspecified atom stereocenters. The smallest absolute Gasteiger partial charge is 0.195 e. The molecule has 3 aromatic rings. The van der Waals surface area contributed by atoms with E-state index in [1.807, 2.05) is 48.5 Å². The zero-order valence-electron chi connectivity index (χ0n) is 12.1. The third-order valence-corrected chi connectivity index (χ3v) is 4.13. The van der Waals surface area contributed by atoms with Crippen LogP contribution in [0.1, 0.15) is 5.56 Å². The van der Waals surface area contributed by atoms with Crippen LogP contribution in [0.25, 0.3) is 10.2 Å². The zero-order valence-corrected chi connectivity index (χ0v) is 12.9. The molecule has 0 bridgehead atoms. The van der Waals surface area contributed by atoms with Crippen LogP contribution in [0.3, 0.4) is 0 Å². The van der Waals surface area contributed by atoms with Crippen molar-refractivity contribution in [2.45, 2.75) is 6.54 Å². The van der Waals surface area contributed by atoms with Gasteiger partial charge in [0.15, 0.2) is 11.1 Å². The molecule has 1 heterocycles. The number of para-hydroxylation sites is 2. The predicted octanol–water partition coefficient (Wildman–Crippen LogP) is 3.44. The lowest BCUT2D eigenvalue weighted by Gasteiger charge is -2.11. The number of aromatic nitrogens is 1. The maximum Gasteiger partial charge on any atom is 0.195 e. The average Bonchev–Trinajstić information content (AvgIpc) is 2.95. The lowest BCUT2D eigenvalue weighted by atomic mass is 10.2. The highest BCUT2D eigenvalue weighted by Crippen LogP contribution is 2.25. The van der Waals surface area contributed by atoms with Crippen LogP contribution in [0.15, 0.2) is 48.5 Å². The minimum atomic E-state index is 0.213. The monoisotopic (exact) mass is 312 g/mol. The fourth-order valence-corrected chi connectivity index (χ4v) is 2.98. The summed E-state index contributed by atoms with van der Waals surface area (Å²) in [4.78, 5) is 4.44. The highest BCUT2D eigenvalue weighted by Gasteiger charge is 2.06. The molecule has 0 amide bonds. The molecular formula is C16H16N4OS. The first-order chi connectivity index (χ1) is 10.8. The minimum absolute atomic E-state index is 0.213. The zero-order chi connectivity index (χ0) is 15.4. The van der Waals surface area contributed by atoms with E-state index in [1.54, 1.807) is 7.11 Å². The van der Waals surface area contributed by atoms with Crippen molar-refractivity contribution in [3.63, 3.8) is 0 Å². The number of hydrogen-bond acceptors (Lipinski definition) is 4. The number of ether oxygens (including phenoxy) is 1. The molecule has 0 saturated heterocycles. The van der Waals surface area contributed by atoms with E-state index < -0.39 is 0 Å². The van der Waals surface area contributed by atoms with Gasteiger partial charge in [0.2, 0.25) is 0 Å². The number of hydrogen-bond donors (Lipinski definition) is 3. The number of nitrogens with one attached hydrogen (secondary N) is 3. The Morgan fingerprint density at radius 1 is 1.18 bits per heavy atom. The molecule has 22 heavy (non-hydrogen) atoms. The summed E-state index contributed by atoms with van der Waals surface area (Å²) < 4.78 is 6.39. The van der Waals surface area contributed by atoms with Crippen molar-refractivity contribution < 1.29 is 4.74 Å². The molecule has 5 nitrogen and oxygen atoms in total. The molecule has 0 aliphatic rings. The quantitative estimate of drug-likeness (QED) is 0.510. The van der Waals surface area contributed by atoms with Gasteiger partial charge >= 0.3 is 0 Å². The summed E-state index contributed by atoms with van der Waals surface area (Å²) in [5.74, 6) is 1.02. The van der Waals surface area contributed by atoms with Crippen LogP contribution in [-0.4, -0.2) is 18.1 Å². The Bertz CT molecular complexity index is 766. The first-order valence-corrected chi connectivity index (χ1v) is 7.65. The molecule has 3 N–H and O–H groups in total. The molecule has 1 aromatic heterocycles. The average molecular weight is 312 g/mol. The number of anilines is 1. The van der Waals surface area contributed by atoms with E-state index in [0.29, 0.717) is 11.7 Å². The van der Waals surface area contributed by atoms with E-state index in [-0.39, 0.29) is 5.96 Å². The fourth-order valence-electron chi connectivity index (χ4n) is 2.11. The van der Waals surface area contributed by atoms with Crippen molar-refractivity contribution in [2.24, 2.45) is 0 Å². The molecule has 0 fully saturated rings. The molecular weight excluding hydrogens is 296 g/mol. The number of thiazole rings is 1. The van der Waals surface area contributed by atoms with Crippen LogP contribution in [0, 0.1) is 5.41 Å². The number of methoxy groups -OCH3 is 1. The van der Waals surface area contributed by atoms with Gasteiger partial charge in [-0.25, -0.2) is 4.98 Å². The Hall–Kier alpha value is -2.60. The van der Waals surface area contributed by atoms with Gasteiger partial charge in [-0.15, -0.1) is 0 Å². The number of nitrogens with zero attached hydrogens (tertiary/aromatic N) is 1. The van der Waals surface area contributed by atoms with Gasteiger partial charge in [-0.2, -0.15) is 0 Å². The van der Waals surface area contributed by atoms with Gasteiger partial charge in [-0.3, -0.25) is 5.41 Å². The lowest BCUT2D eigenvalue weighted by molar-refractivity contribution is 0.409. The summed E-state index contributed by atoms with van der Waals surface area (Å²) in [6.07, 6.45) is 0. The van der Waals surface area contributed by atoms with E-state index in [1.165, 1.54) is 11.3 Å². The van der Waals surface area contributed by atoms with E-state index in [9.17, 15) is 0 Å². The number of guanidine groups is 1. The Kier molecular flexibility index (Phi) is 4.20. The van der Waals surface area contributed by atoms with Crippen LogP contribution in [-0.2, 0) is 6.54 Å². The molecule has 0 aliphatic heterocycles. The largest absolute Gasteiger partial charge is 0.496 e. The van der Waals surface area contributed by atoms with Crippen molar-refractivity contribution in [1.82, 2.24) is 10.3 Å². The first kappa shape index (κ1) is 14.3. The van der Waals surface area contributed by atoms with Crippen molar-refractivity contribution in [3.05, 3.63) is 54.1 Å². The SMILES string of the molecule is COc1ccccc1CNC(=N)Nc1nc2ccccc2s1. The maximum absolute atomic E-state index is 7.98. The number of rotatable bonds is 4. The summed E-state index contributed by atoms with van der Waals surface area (Å²) in [6.45, 7) is 0.515. The summed E-state index contributed by atoms with van der Waals surface area (Å²) >= 11 is 1.53. The molecule has 0 radical (unpaired) electrons. The molecule has 0 atom stereocenters. The molecule has 6 heteroatoms. The second-order valence-corrected chi connectivity index (χ2v) is 5.68. The Morgan fingerprint density at radius 3 is 2.77 bits per heavy atom. The van der Waals surface area contributed by atoms with Gasteiger partial charge in [0, 0.05) is 12.1 Å². The van der Waals surface area contributed by atoms with Crippen molar-refractivity contribution in [1.29, 1.82) is 5.41 Å². The summed E-state index contributed by atoms with van der Waals surface area (Å²) in [5.41, 5.74) is 1.94. The summed E-state index contributed by atoms with van der Waals surface area (Å²) in [7, 11) is 1.64. The highest BCUT2D eigenvalue weighted by atomic mass is 32.1. The van der Waals surface area contributed by atoms with Gasteiger partial charge in [-0.1, -0.05) is 41.7 Å². The second kappa shape index (κ2) is 6.44. The van der Waals surface area contributed by atoms with Crippen LogP contribution < -0.4 is 15.4 Å². The Labute approximate surface area is 132 Å². The van der Waals surface area contributed by atoms with Gasteiger partial charge in [0.05, 0.1) is 17.3 Å². The van der Waals surface area contributed by atoms with Crippen molar-refractivity contribution in [3.8, 4) is 5.75 Å². The fraction of sp³-hybridized carbons (Fsp3) is 0.125. The molecule has 0 saturated carbocycles. The standard InChI is InChI=1S/C16H16N4OS/c1-21-13-8-4-2-6-11(13)10-18-15(17)20-16-19-12-7-3-5-9-14(12)22-16/h2-9H,10H2,1H3,(H3,17,18,19,20). The van der Waals surface area contributed by atoms with Crippen LogP contribution in [0.5, 0.6) is 5.75 Å². The van der Waals surface area contributed by atoms with Crippen LogP contribution in [0.2, 0.25) is 0 Å². The second-order valence-electron chi connectivity index (χ2n) is 4.65. The Morgan fingerprint density at radius 2 is 1.95 bits per heavy atom. The summed E-state index contributed by atoms with van der Waals surface area (Å²) in [5, 5.41) is 14.7. The molecule has 0 spiro atoms. The van der Waals surface area contributed by atoms with Gasteiger partial charge in [-0.05, 0) is 18.2 Å². The van der Waals surface area contributed by atoms with Gasteiger partial charge < -0.3 is 15.4 Å². The third kappa shape index (κ3) is 3.17. The molecule has 2 aromatic carbocycles. The third-order valence-electron chi connectivity index (χ3n) is 3.17. The van der Waals surface area contributed by atoms with E-state index in [0.717, 1.165) is 21.5 Å². The van der Waals surface area contributed by atoms with E-state index >= 15 is 0 Å². The minimum Gasteiger partial charge on any atom is -0.496 e. The number of fused-ring (bicyclic) bond motifs is 1. The Balaban J connectivity index is 1.62. The van der Waals surface area contributed by atoms with Crippen LogP contribution in [0.4, 0.5) is 5.13 Å². The predicted molar refractivity (Wildman–Crippen MR) is 90.8 cm³/mol. The van der Waals surface area contributed by atoms with Crippen molar-refractivity contribution >= 4 is 32.6 Å². The maximum atomic E-state index is 7.98. The lowest BCUT2D eigenvalue weighted by Crippen LogP contribution is -2.29. The van der Waals surface area contributed by atoms with E-state index in [4.69, 9.17) is 10.1 Å². The van der Waals surface area contributed by atoms with Crippen LogP contribution >= 0.6 is 11.3 Å². The summed E-state index contributed by atoms with van der Waals surface area (Å²) in [6, 6.07) is 15.7. The molecule has 3 rings (SSSR count). The first-order valence-electron chi connectivity index (χ1n) is 6.83. The highest BCUT2D eigenvalue weighted by molar-refractivity contribution is 7.22. The molecule has 0 aliphatic carbocycles. The van der Waals surface area contributed by atoms with Crippen molar-refractivity contribution in [2.75, 3.05) is 12.4 Å². The van der Waals surface area contributed by atoms with Gasteiger partial charge in [0.1, 0.15) is 5.75 Å². The van der Waals surface area contributed by atoms with E-state index in [2.05, 4.69) is 15.6 Å².